The van der Waals surface area contributed by atoms with E-state index in [1.165, 1.54) is 38.2 Å². The molecule has 144 valence electrons. The summed E-state index contributed by atoms with van der Waals surface area (Å²) in [5, 5.41) is 9.73. The Morgan fingerprint density at radius 2 is 1.85 bits per heavy atom. The molecule has 1 N–H and O–H groups in total. The summed E-state index contributed by atoms with van der Waals surface area (Å²) in [5.41, 5.74) is 2.69. The molecule has 3 rings (SSSR count). The van der Waals surface area contributed by atoms with Crippen LogP contribution >= 0.6 is 0 Å². The fourth-order valence-electron chi connectivity index (χ4n) is 4.13. The lowest BCUT2D eigenvalue weighted by atomic mass is 9.85. The van der Waals surface area contributed by atoms with E-state index in [1.54, 1.807) is 24.3 Å². The van der Waals surface area contributed by atoms with Gasteiger partial charge < -0.3 is 5.11 Å². The lowest BCUT2D eigenvalue weighted by Gasteiger charge is -2.22. The number of pyridine rings is 1. The van der Waals surface area contributed by atoms with Gasteiger partial charge in [0.1, 0.15) is 5.82 Å². The smallest absolute Gasteiger partial charge is 0.337 e. The van der Waals surface area contributed by atoms with Crippen molar-refractivity contribution in [3.05, 3.63) is 53.1 Å². The molecule has 0 bridgehead atoms. The SMILES string of the molecule is CCCc1nc(CCC2CCCCC2)c(C(=O)O)cc1-c1ccccc1F. The first-order valence-corrected chi connectivity index (χ1v) is 10.1. The normalized spacial score (nSPS) is 15.0. The molecule has 0 spiro atoms. The van der Waals surface area contributed by atoms with E-state index in [2.05, 4.69) is 6.92 Å². The summed E-state index contributed by atoms with van der Waals surface area (Å²) in [7, 11) is 0. The maximum Gasteiger partial charge on any atom is 0.337 e. The number of aromatic nitrogens is 1. The first kappa shape index (κ1) is 19.5. The van der Waals surface area contributed by atoms with Gasteiger partial charge in [-0.15, -0.1) is 0 Å². The Morgan fingerprint density at radius 3 is 2.52 bits per heavy atom. The zero-order valence-corrected chi connectivity index (χ0v) is 16.0. The average Bonchev–Trinajstić information content (AvgIpc) is 2.68. The van der Waals surface area contributed by atoms with E-state index in [0.717, 1.165) is 18.5 Å². The molecule has 0 amide bonds. The fourth-order valence-corrected chi connectivity index (χ4v) is 4.13. The molecular weight excluding hydrogens is 341 g/mol. The zero-order valence-electron chi connectivity index (χ0n) is 16.0. The molecule has 3 nitrogen and oxygen atoms in total. The predicted molar refractivity (Wildman–Crippen MR) is 105 cm³/mol. The number of hydrogen-bond acceptors (Lipinski definition) is 2. The third-order valence-electron chi connectivity index (χ3n) is 5.58. The predicted octanol–water partition coefficient (Wildman–Crippen LogP) is 6.05. The molecule has 0 saturated heterocycles. The molecule has 1 aromatic heterocycles. The van der Waals surface area contributed by atoms with Crippen LogP contribution in [-0.2, 0) is 12.8 Å². The van der Waals surface area contributed by atoms with Gasteiger partial charge in [-0.1, -0.05) is 63.6 Å². The highest BCUT2D eigenvalue weighted by Crippen LogP contribution is 2.31. The highest BCUT2D eigenvalue weighted by molar-refractivity contribution is 5.91. The van der Waals surface area contributed by atoms with E-state index in [-0.39, 0.29) is 11.4 Å². The largest absolute Gasteiger partial charge is 0.478 e. The maximum absolute atomic E-state index is 14.3. The second-order valence-electron chi connectivity index (χ2n) is 7.55. The molecule has 0 atom stereocenters. The molecule has 2 aromatic rings. The van der Waals surface area contributed by atoms with Gasteiger partial charge in [0.2, 0.25) is 0 Å². The summed E-state index contributed by atoms with van der Waals surface area (Å²) in [6.45, 7) is 2.06. The Bertz CT molecular complexity index is 797. The van der Waals surface area contributed by atoms with Crippen LogP contribution in [0, 0.1) is 11.7 Å². The van der Waals surface area contributed by atoms with Crippen LogP contribution in [0.1, 0.15) is 73.6 Å². The van der Waals surface area contributed by atoms with Gasteiger partial charge >= 0.3 is 5.97 Å². The minimum absolute atomic E-state index is 0.212. The van der Waals surface area contributed by atoms with Gasteiger partial charge in [0.25, 0.3) is 0 Å². The Kier molecular flexibility index (Phi) is 6.59. The minimum atomic E-state index is -0.984. The average molecular weight is 369 g/mol. The molecule has 1 aromatic carbocycles. The Balaban J connectivity index is 1.96. The summed E-state index contributed by atoms with van der Waals surface area (Å²) in [4.78, 5) is 16.6. The number of carboxylic acids is 1. The van der Waals surface area contributed by atoms with Crippen molar-refractivity contribution >= 4 is 5.97 Å². The summed E-state index contributed by atoms with van der Waals surface area (Å²) in [5.74, 6) is -0.659. The lowest BCUT2D eigenvalue weighted by Crippen LogP contribution is -2.12. The maximum atomic E-state index is 14.3. The first-order chi connectivity index (χ1) is 13.1. The molecule has 1 saturated carbocycles. The van der Waals surface area contributed by atoms with Crippen molar-refractivity contribution in [2.45, 2.75) is 64.7 Å². The number of nitrogens with zero attached hydrogens (tertiary/aromatic N) is 1. The van der Waals surface area contributed by atoms with Gasteiger partial charge in [0.05, 0.1) is 11.3 Å². The molecule has 1 aliphatic carbocycles. The van der Waals surface area contributed by atoms with Gasteiger partial charge in [-0.3, -0.25) is 4.98 Å². The number of benzene rings is 1. The third-order valence-corrected chi connectivity index (χ3v) is 5.58. The molecule has 1 heterocycles. The molecule has 27 heavy (non-hydrogen) atoms. The highest BCUT2D eigenvalue weighted by atomic mass is 19.1. The molecular formula is C23H28FNO2. The Morgan fingerprint density at radius 1 is 1.11 bits per heavy atom. The van der Waals surface area contributed by atoms with Crippen molar-refractivity contribution in [3.63, 3.8) is 0 Å². The van der Waals surface area contributed by atoms with Crippen molar-refractivity contribution < 1.29 is 14.3 Å². The van der Waals surface area contributed by atoms with Crippen molar-refractivity contribution in [3.8, 4) is 11.1 Å². The van der Waals surface area contributed by atoms with Crippen LogP contribution < -0.4 is 0 Å². The van der Waals surface area contributed by atoms with Crippen molar-refractivity contribution in [1.29, 1.82) is 0 Å². The lowest BCUT2D eigenvalue weighted by molar-refractivity contribution is 0.0695. The highest BCUT2D eigenvalue weighted by Gasteiger charge is 2.20. The molecule has 0 unspecified atom stereocenters. The van der Waals surface area contributed by atoms with Gasteiger partial charge in [0.15, 0.2) is 0 Å². The summed E-state index contributed by atoms with van der Waals surface area (Å²) in [6.07, 6.45) is 9.58. The van der Waals surface area contributed by atoms with Gasteiger partial charge in [-0.05, 0) is 37.3 Å². The fraction of sp³-hybridized carbons (Fsp3) is 0.478. The van der Waals surface area contributed by atoms with Gasteiger partial charge in [-0.2, -0.15) is 0 Å². The summed E-state index contributed by atoms with van der Waals surface area (Å²) >= 11 is 0. The van der Waals surface area contributed by atoms with Crippen molar-refractivity contribution in [2.24, 2.45) is 5.92 Å². The number of hydrogen-bond donors (Lipinski definition) is 1. The van der Waals surface area contributed by atoms with Crippen LogP contribution in [0.4, 0.5) is 4.39 Å². The van der Waals surface area contributed by atoms with Gasteiger partial charge in [0, 0.05) is 16.8 Å². The second kappa shape index (κ2) is 9.12. The van der Waals surface area contributed by atoms with E-state index < -0.39 is 5.97 Å². The van der Waals surface area contributed by atoms with Crippen LogP contribution in [0.2, 0.25) is 0 Å². The Labute approximate surface area is 160 Å². The van der Waals surface area contributed by atoms with Crippen LogP contribution in [0.15, 0.2) is 30.3 Å². The van der Waals surface area contributed by atoms with Crippen LogP contribution in [0.3, 0.4) is 0 Å². The van der Waals surface area contributed by atoms with Crippen LogP contribution in [0.25, 0.3) is 11.1 Å². The topological polar surface area (TPSA) is 50.2 Å². The number of carbonyl (C=O) groups is 1. The molecule has 1 aliphatic rings. The third kappa shape index (κ3) is 4.74. The van der Waals surface area contributed by atoms with Crippen LogP contribution in [-0.4, -0.2) is 16.1 Å². The van der Waals surface area contributed by atoms with E-state index in [1.807, 2.05) is 0 Å². The second-order valence-corrected chi connectivity index (χ2v) is 7.55. The first-order valence-electron chi connectivity index (χ1n) is 10.1. The minimum Gasteiger partial charge on any atom is -0.478 e. The summed E-state index contributed by atoms with van der Waals surface area (Å²) < 4.78 is 14.3. The summed E-state index contributed by atoms with van der Waals surface area (Å²) in [6, 6.07) is 8.14. The number of halogens is 1. The van der Waals surface area contributed by atoms with E-state index in [0.29, 0.717) is 35.6 Å². The Hall–Kier alpha value is -2.23. The quantitative estimate of drug-likeness (QED) is 0.646. The molecule has 0 radical (unpaired) electrons. The molecule has 1 fully saturated rings. The number of carboxylic acid groups (broad SMARTS) is 1. The van der Waals surface area contributed by atoms with E-state index >= 15 is 0 Å². The number of rotatable bonds is 7. The standard InChI is InChI=1S/C23H28FNO2/c1-2-8-21-18(17-11-6-7-12-20(17)24)15-19(23(26)27)22(25-21)14-13-16-9-4-3-5-10-16/h6-7,11-12,15-16H,2-5,8-10,13-14H2,1H3,(H,26,27). The molecule has 4 heteroatoms. The van der Waals surface area contributed by atoms with Crippen molar-refractivity contribution in [1.82, 2.24) is 4.98 Å². The van der Waals surface area contributed by atoms with E-state index in [9.17, 15) is 14.3 Å². The monoisotopic (exact) mass is 369 g/mol. The number of aromatic carboxylic acids is 1. The molecule has 0 aliphatic heterocycles. The van der Waals surface area contributed by atoms with Crippen LogP contribution in [0.5, 0.6) is 0 Å². The van der Waals surface area contributed by atoms with E-state index in [4.69, 9.17) is 4.98 Å². The zero-order chi connectivity index (χ0) is 19.2. The van der Waals surface area contributed by atoms with Gasteiger partial charge in [-0.25, -0.2) is 9.18 Å². The number of aryl methyl sites for hydroxylation is 2. The van der Waals surface area contributed by atoms with Crippen molar-refractivity contribution in [2.75, 3.05) is 0 Å².